The minimum atomic E-state index is -3.21. The van der Waals surface area contributed by atoms with Gasteiger partial charge in [0, 0.05) is 5.56 Å². The van der Waals surface area contributed by atoms with Crippen LogP contribution in [-0.2, 0) is 19.8 Å². The van der Waals surface area contributed by atoms with E-state index in [1.54, 1.807) is 0 Å². The Morgan fingerprint density at radius 3 is 1.92 bits per heavy atom. The van der Waals surface area contributed by atoms with Crippen molar-refractivity contribution in [2.24, 2.45) is 0 Å². The first-order chi connectivity index (χ1) is 12.5. The predicted octanol–water partition coefficient (Wildman–Crippen LogP) is 6.42. The summed E-state index contributed by atoms with van der Waals surface area (Å²) in [5.41, 5.74) is 0.804. The van der Waals surface area contributed by atoms with Crippen LogP contribution in [0.25, 0.3) is 0 Å². The zero-order valence-electron chi connectivity index (χ0n) is 16.4. The Balaban J connectivity index is 3.11. The maximum Gasteiger partial charge on any atom is 0.335 e. The average molecular weight is 498 g/mol. The molecule has 0 aliphatic heterocycles. The Labute approximate surface area is 171 Å². The van der Waals surface area contributed by atoms with Gasteiger partial charge >= 0.3 is 7.60 Å². The number of hydrogen-bond acceptors (Lipinski definition) is 5. The molecule has 0 unspecified atom stereocenters. The summed E-state index contributed by atoms with van der Waals surface area (Å²) in [7, 11) is -3.21. The van der Waals surface area contributed by atoms with Gasteiger partial charge in [-0.25, -0.2) is 0 Å². The normalized spacial score (nSPS) is 11.6. The van der Waals surface area contributed by atoms with Gasteiger partial charge in [0.1, 0.15) is 11.5 Å². The summed E-state index contributed by atoms with van der Waals surface area (Å²) in [6.45, 7) is 9.86. The fraction of sp³-hybridized carbons (Fsp3) is 0.684. The Morgan fingerprint density at radius 1 is 0.885 bits per heavy atom. The fourth-order valence-electron chi connectivity index (χ4n) is 2.33. The summed E-state index contributed by atoms with van der Waals surface area (Å²) >= 11 is 2.25. The molecule has 150 valence electrons. The topological polar surface area (TPSA) is 54.0 Å². The third-order valence-electron chi connectivity index (χ3n) is 3.64. The third kappa shape index (κ3) is 8.15. The molecule has 0 spiro atoms. The Kier molecular flexibility index (Phi) is 11.8. The lowest BCUT2D eigenvalue weighted by Crippen LogP contribution is -2.06. The van der Waals surface area contributed by atoms with Crippen LogP contribution in [0.3, 0.4) is 0 Å². The summed E-state index contributed by atoms with van der Waals surface area (Å²) in [4.78, 5) is 0. The monoisotopic (exact) mass is 498 g/mol. The summed E-state index contributed by atoms with van der Waals surface area (Å²) in [6.07, 6.45) is 4.28. The lowest BCUT2D eigenvalue weighted by molar-refractivity contribution is 0.218. The first kappa shape index (κ1) is 23.7. The van der Waals surface area contributed by atoms with Gasteiger partial charge in [0.05, 0.1) is 36.2 Å². The van der Waals surface area contributed by atoms with Crippen molar-refractivity contribution in [3.63, 3.8) is 0 Å². The van der Waals surface area contributed by atoms with Crippen molar-refractivity contribution < 1.29 is 23.1 Å². The minimum Gasteiger partial charge on any atom is -0.493 e. The van der Waals surface area contributed by atoms with Gasteiger partial charge in [-0.05, 0) is 61.4 Å². The summed E-state index contributed by atoms with van der Waals surface area (Å²) in [5, 5.41) is 0. The van der Waals surface area contributed by atoms with Crippen molar-refractivity contribution in [1.82, 2.24) is 0 Å². The largest absolute Gasteiger partial charge is 0.493 e. The van der Waals surface area contributed by atoms with E-state index in [9.17, 15) is 4.57 Å². The highest BCUT2D eigenvalue weighted by atomic mass is 127. The van der Waals surface area contributed by atoms with Crippen LogP contribution in [0.15, 0.2) is 12.1 Å². The third-order valence-corrected chi connectivity index (χ3v) is 6.52. The number of rotatable bonds is 14. The molecule has 0 saturated carbocycles. The second-order valence-corrected chi connectivity index (χ2v) is 9.12. The molecule has 0 saturated heterocycles. The predicted molar refractivity (Wildman–Crippen MR) is 115 cm³/mol. The second kappa shape index (κ2) is 13.0. The van der Waals surface area contributed by atoms with Crippen LogP contribution < -0.4 is 9.47 Å². The van der Waals surface area contributed by atoms with Crippen molar-refractivity contribution in [3.8, 4) is 11.5 Å². The van der Waals surface area contributed by atoms with Crippen LogP contribution in [0.4, 0.5) is 0 Å². The standard InChI is InChI=1S/C19H32IO5P/c1-5-9-11-22-18-14-17(20)19(23-12-10-6-2)13-16(18)15-26(21,24-7-3)25-8-4/h13-14H,5-12,15H2,1-4H3. The van der Waals surface area contributed by atoms with E-state index in [4.69, 9.17) is 18.5 Å². The van der Waals surface area contributed by atoms with E-state index in [-0.39, 0.29) is 6.16 Å². The summed E-state index contributed by atoms with van der Waals surface area (Å²) < 4.78 is 36.7. The van der Waals surface area contributed by atoms with Gasteiger partial charge in [0.2, 0.25) is 0 Å². The first-order valence-electron chi connectivity index (χ1n) is 9.45. The van der Waals surface area contributed by atoms with E-state index in [2.05, 4.69) is 36.4 Å². The van der Waals surface area contributed by atoms with Crippen LogP contribution in [0.2, 0.25) is 0 Å². The van der Waals surface area contributed by atoms with Crippen LogP contribution in [0, 0.1) is 3.57 Å². The van der Waals surface area contributed by atoms with Crippen molar-refractivity contribution in [2.45, 2.75) is 59.5 Å². The Bertz CT molecular complexity index is 569. The van der Waals surface area contributed by atoms with Crippen molar-refractivity contribution >= 4 is 30.2 Å². The van der Waals surface area contributed by atoms with E-state index < -0.39 is 7.60 Å². The molecule has 0 aliphatic rings. The van der Waals surface area contributed by atoms with Crippen LogP contribution >= 0.6 is 30.2 Å². The molecule has 26 heavy (non-hydrogen) atoms. The van der Waals surface area contributed by atoms with Crippen molar-refractivity contribution in [1.29, 1.82) is 0 Å². The Hall–Kier alpha value is -0.300. The van der Waals surface area contributed by atoms with E-state index >= 15 is 0 Å². The molecule has 0 aromatic heterocycles. The fourth-order valence-corrected chi connectivity index (χ4v) is 4.63. The molecular formula is C19H32IO5P. The summed E-state index contributed by atoms with van der Waals surface area (Å²) in [5.74, 6) is 1.52. The van der Waals surface area contributed by atoms with Gasteiger partial charge < -0.3 is 18.5 Å². The zero-order chi connectivity index (χ0) is 19.4. The van der Waals surface area contributed by atoms with Crippen LogP contribution in [0.1, 0.15) is 58.9 Å². The van der Waals surface area contributed by atoms with Gasteiger partial charge in [-0.1, -0.05) is 26.7 Å². The minimum absolute atomic E-state index is 0.178. The Morgan fingerprint density at radius 2 is 1.42 bits per heavy atom. The molecule has 0 aliphatic carbocycles. The van der Waals surface area contributed by atoms with Crippen molar-refractivity contribution in [2.75, 3.05) is 26.4 Å². The maximum absolute atomic E-state index is 13.0. The van der Waals surface area contributed by atoms with Gasteiger partial charge in [0.25, 0.3) is 0 Å². The molecule has 0 radical (unpaired) electrons. The smallest absolute Gasteiger partial charge is 0.335 e. The zero-order valence-corrected chi connectivity index (χ0v) is 19.4. The van der Waals surface area contributed by atoms with Gasteiger partial charge in [-0.3, -0.25) is 4.57 Å². The van der Waals surface area contributed by atoms with Crippen LogP contribution in [0.5, 0.6) is 11.5 Å². The van der Waals surface area contributed by atoms with Crippen molar-refractivity contribution in [3.05, 3.63) is 21.3 Å². The van der Waals surface area contributed by atoms with E-state index in [1.165, 1.54) is 0 Å². The summed E-state index contributed by atoms with van der Waals surface area (Å²) in [6, 6.07) is 3.87. The molecule has 0 fully saturated rings. The average Bonchev–Trinajstić information content (AvgIpc) is 2.59. The van der Waals surface area contributed by atoms with E-state index in [0.717, 1.165) is 46.3 Å². The van der Waals surface area contributed by atoms with Gasteiger partial charge in [0.15, 0.2) is 0 Å². The molecule has 0 heterocycles. The number of hydrogen-bond donors (Lipinski definition) is 0. The van der Waals surface area contributed by atoms with E-state index in [0.29, 0.717) is 26.4 Å². The highest BCUT2D eigenvalue weighted by molar-refractivity contribution is 14.1. The quantitative estimate of drug-likeness (QED) is 0.169. The lowest BCUT2D eigenvalue weighted by Gasteiger charge is -2.20. The molecule has 1 aromatic carbocycles. The molecule has 0 N–H and O–H groups in total. The van der Waals surface area contributed by atoms with Crippen LogP contribution in [-0.4, -0.2) is 26.4 Å². The molecule has 7 heteroatoms. The molecule has 1 rings (SSSR count). The number of unbranched alkanes of at least 4 members (excludes halogenated alkanes) is 2. The molecule has 0 amide bonds. The van der Waals surface area contributed by atoms with Gasteiger partial charge in [-0.2, -0.15) is 0 Å². The molecule has 1 aromatic rings. The molecular weight excluding hydrogens is 466 g/mol. The number of ether oxygens (including phenoxy) is 2. The molecule has 5 nitrogen and oxygen atoms in total. The lowest BCUT2D eigenvalue weighted by atomic mass is 10.2. The van der Waals surface area contributed by atoms with E-state index in [1.807, 2.05) is 26.0 Å². The highest BCUT2D eigenvalue weighted by Crippen LogP contribution is 2.53. The first-order valence-corrected chi connectivity index (χ1v) is 12.3. The SMILES string of the molecule is CCCCOc1cc(CP(=O)(OCC)OCC)c(OCCCC)cc1I. The number of halogens is 1. The van der Waals surface area contributed by atoms with Gasteiger partial charge in [-0.15, -0.1) is 0 Å². The number of benzene rings is 1. The molecule has 0 atom stereocenters. The molecule has 0 bridgehead atoms. The maximum atomic E-state index is 13.0. The second-order valence-electron chi connectivity index (χ2n) is 5.90. The highest BCUT2D eigenvalue weighted by Gasteiger charge is 2.27.